The molecule has 0 atom stereocenters. The SMILES string of the molecule is CCSc1nc(C)cc(C(=O)N(C)Cc2ccc(OC)c(OC)c2)n1. The van der Waals surface area contributed by atoms with Gasteiger partial charge in [-0.3, -0.25) is 4.79 Å². The van der Waals surface area contributed by atoms with Gasteiger partial charge in [-0.2, -0.15) is 0 Å². The highest BCUT2D eigenvalue weighted by Crippen LogP contribution is 2.28. The van der Waals surface area contributed by atoms with E-state index >= 15 is 0 Å². The van der Waals surface area contributed by atoms with Crippen molar-refractivity contribution in [3.63, 3.8) is 0 Å². The van der Waals surface area contributed by atoms with Gasteiger partial charge in [-0.25, -0.2) is 9.97 Å². The van der Waals surface area contributed by atoms with Crippen molar-refractivity contribution in [2.45, 2.75) is 25.5 Å². The Bertz CT molecular complexity index is 752. The van der Waals surface area contributed by atoms with Crippen LogP contribution in [0.5, 0.6) is 11.5 Å². The number of hydrogen-bond donors (Lipinski definition) is 0. The lowest BCUT2D eigenvalue weighted by molar-refractivity contribution is 0.0778. The maximum Gasteiger partial charge on any atom is 0.272 e. The van der Waals surface area contributed by atoms with Gasteiger partial charge in [-0.05, 0) is 36.4 Å². The van der Waals surface area contributed by atoms with E-state index in [0.29, 0.717) is 28.9 Å². The van der Waals surface area contributed by atoms with E-state index in [2.05, 4.69) is 9.97 Å². The number of aromatic nitrogens is 2. The van der Waals surface area contributed by atoms with Crippen molar-refractivity contribution in [2.24, 2.45) is 0 Å². The fourth-order valence-electron chi connectivity index (χ4n) is 2.36. The van der Waals surface area contributed by atoms with Crippen molar-refractivity contribution in [3.05, 3.63) is 41.2 Å². The first-order valence-electron chi connectivity index (χ1n) is 7.93. The third kappa shape index (κ3) is 4.85. The molecule has 2 aromatic rings. The lowest BCUT2D eigenvalue weighted by Crippen LogP contribution is -2.27. The molecule has 0 unspecified atom stereocenters. The van der Waals surface area contributed by atoms with Crippen LogP contribution >= 0.6 is 11.8 Å². The maximum absolute atomic E-state index is 12.7. The summed E-state index contributed by atoms with van der Waals surface area (Å²) in [6.45, 7) is 4.34. The van der Waals surface area contributed by atoms with Gasteiger partial charge < -0.3 is 14.4 Å². The van der Waals surface area contributed by atoms with Gasteiger partial charge in [0.25, 0.3) is 5.91 Å². The summed E-state index contributed by atoms with van der Waals surface area (Å²) in [5.74, 6) is 2.02. The number of nitrogens with zero attached hydrogens (tertiary/aromatic N) is 3. The molecule has 25 heavy (non-hydrogen) atoms. The molecule has 1 aromatic carbocycles. The predicted octanol–water partition coefficient (Wildman–Crippen LogP) is 3.19. The standard InChI is InChI=1S/C18H23N3O3S/c1-6-25-18-19-12(2)9-14(20-18)17(22)21(3)11-13-7-8-15(23-4)16(10-13)24-5/h7-10H,6,11H2,1-5H3. The number of carbonyl (C=O) groups is 1. The summed E-state index contributed by atoms with van der Waals surface area (Å²) in [7, 11) is 4.94. The van der Waals surface area contributed by atoms with E-state index in [0.717, 1.165) is 17.0 Å². The minimum absolute atomic E-state index is 0.141. The van der Waals surface area contributed by atoms with Crippen molar-refractivity contribution in [1.82, 2.24) is 14.9 Å². The molecule has 6 nitrogen and oxygen atoms in total. The first-order chi connectivity index (χ1) is 12.0. The zero-order valence-corrected chi connectivity index (χ0v) is 16.0. The Morgan fingerprint density at radius 3 is 2.52 bits per heavy atom. The molecular formula is C18H23N3O3S. The number of methoxy groups -OCH3 is 2. The topological polar surface area (TPSA) is 64.6 Å². The van der Waals surface area contributed by atoms with Gasteiger partial charge in [0, 0.05) is 19.3 Å². The summed E-state index contributed by atoms with van der Waals surface area (Å²) in [5, 5.41) is 0.630. The number of thioether (sulfide) groups is 1. The first-order valence-corrected chi connectivity index (χ1v) is 8.91. The smallest absolute Gasteiger partial charge is 0.272 e. The summed E-state index contributed by atoms with van der Waals surface area (Å²) < 4.78 is 10.5. The molecule has 0 aliphatic carbocycles. The van der Waals surface area contributed by atoms with Crippen LogP contribution in [0.4, 0.5) is 0 Å². The van der Waals surface area contributed by atoms with Crippen molar-refractivity contribution >= 4 is 17.7 Å². The van der Waals surface area contributed by atoms with Gasteiger partial charge in [0.15, 0.2) is 16.7 Å². The Balaban J connectivity index is 2.18. The maximum atomic E-state index is 12.7. The summed E-state index contributed by atoms with van der Waals surface area (Å²) in [5.41, 5.74) is 2.14. The van der Waals surface area contributed by atoms with Crippen molar-refractivity contribution < 1.29 is 14.3 Å². The molecule has 0 saturated heterocycles. The molecule has 0 N–H and O–H groups in total. The zero-order chi connectivity index (χ0) is 18.4. The quantitative estimate of drug-likeness (QED) is 0.557. The van der Waals surface area contributed by atoms with Crippen molar-refractivity contribution in [1.29, 1.82) is 0 Å². The van der Waals surface area contributed by atoms with Gasteiger partial charge >= 0.3 is 0 Å². The minimum atomic E-state index is -0.141. The molecule has 1 amide bonds. The van der Waals surface area contributed by atoms with Crippen LogP contribution in [0.15, 0.2) is 29.4 Å². The molecule has 1 heterocycles. The monoisotopic (exact) mass is 361 g/mol. The number of amides is 1. The third-order valence-corrected chi connectivity index (χ3v) is 4.27. The number of ether oxygens (including phenoxy) is 2. The Hall–Kier alpha value is -2.28. The first kappa shape index (κ1) is 19.1. The molecule has 0 spiro atoms. The van der Waals surface area contributed by atoms with E-state index in [-0.39, 0.29) is 5.91 Å². The fourth-order valence-corrected chi connectivity index (χ4v) is 2.99. The Labute approximate surface area is 152 Å². The second-order valence-corrected chi connectivity index (χ2v) is 6.69. The molecule has 0 bridgehead atoms. The van der Waals surface area contributed by atoms with Gasteiger partial charge in [0.1, 0.15) is 5.69 Å². The highest BCUT2D eigenvalue weighted by Gasteiger charge is 2.16. The van der Waals surface area contributed by atoms with Crippen molar-refractivity contribution in [2.75, 3.05) is 27.0 Å². The summed E-state index contributed by atoms with van der Waals surface area (Å²) in [6, 6.07) is 7.32. The molecule has 0 aliphatic heterocycles. The predicted molar refractivity (Wildman–Crippen MR) is 98.5 cm³/mol. The third-order valence-electron chi connectivity index (χ3n) is 3.54. The van der Waals surface area contributed by atoms with Crippen LogP contribution in [0, 0.1) is 6.92 Å². The molecule has 2 rings (SSSR count). The summed E-state index contributed by atoms with van der Waals surface area (Å²) >= 11 is 1.52. The zero-order valence-electron chi connectivity index (χ0n) is 15.2. The second kappa shape index (κ2) is 8.71. The molecular weight excluding hydrogens is 338 g/mol. The number of hydrogen-bond acceptors (Lipinski definition) is 6. The normalized spacial score (nSPS) is 10.4. The van der Waals surface area contributed by atoms with Gasteiger partial charge in [0.2, 0.25) is 0 Å². The average Bonchev–Trinajstić information content (AvgIpc) is 2.60. The second-order valence-electron chi connectivity index (χ2n) is 5.46. The molecule has 7 heteroatoms. The van der Waals surface area contributed by atoms with E-state index in [9.17, 15) is 4.79 Å². The van der Waals surface area contributed by atoms with Crippen LogP contribution in [0.3, 0.4) is 0 Å². The van der Waals surface area contributed by atoms with Crippen LogP contribution in [0.2, 0.25) is 0 Å². The Kier molecular flexibility index (Phi) is 6.64. The molecule has 0 saturated carbocycles. The van der Waals surface area contributed by atoms with E-state index < -0.39 is 0 Å². The fraction of sp³-hybridized carbons (Fsp3) is 0.389. The Morgan fingerprint density at radius 2 is 1.88 bits per heavy atom. The molecule has 0 radical (unpaired) electrons. The number of benzene rings is 1. The largest absolute Gasteiger partial charge is 0.493 e. The van der Waals surface area contributed by atoms with Gasteiger partial charge in [0.05, 0.1) is 14.2 Å². The van der Waals surface area contributed by atoms with E-state index in [1.165, 1.54) is 11.8 Å². The number of aryl methyl sites for hydroxylation is 1. The summed E-state index contributed by atoms with van der Waals surface area (Å²) in [6.07, 6.45) is 0. The van der Waals surface area contributed by atoms with E-state index in [1.807, 2.05) is 32.0 Å². The lowest BCUT2D eigenvalue weighted by Gasteiger charge is -2.18. The van der Waals surface area contributed by atoms with Crippen LogP contribution in [-0.4, -0.2) is 47.8 Å². The molecule has 0 aliphatic rings. The number of rotatable bonds is 7. The lowest BCUT2D eigenvalue weighted by atomic mass is 10.2. The highest BCUT2D eigenvalue weighted by molar-refractivity contribution is 7.99. The molecule has 134 valence electrons. The Morgan fingerprint density at radius 1 is 1.16 bits per heavy atom. The minimum Gasteiger partial charge on any atom is -0.493 e. The van der Waals surface area contributed by atoms with Gasteiger partial charge in [-0.15, -0.1) is 0 Å². The van der Waals surface area contributed by atoms with Crippen molar-refractivity contribution in [3.8, 4) is 11.5 Å². The van der Waals surface area contributed by atoms with E-state index in [4.69, 9.17) is 9.47 Å². The van der Waals surface area contributed by atoms with Crippen LogP contribution in [-0.2, 0) is 6.54 Å². The van der Waals surface area contributed by atoms with Crippen LogP contribution < -0.4 is 9.47 Å². The number of carbonyl (C=O) groups excluding carboxylic acids is 1. The highest BCUT2D eigenvalue weighted by atomic mass is 32.2. The molecule has 0 fully saturated rings. The summed E-state index contributed by atoms with van der Waals surface area (Å²) in [4.78, 5) is 23.0. The molecule has 1 aromatic heterocycles. The van der Waals surface area contributed by atoms with Crippen LogP contribution in [0.25, 0.3) is 0 Å². The van der Waals surface area contributed by atoms with E-state index in [1.54, 1.807) is 32.2 Å². The van der Waals surface area contributed by atoms with Crippen LogP contribution in [0.1, 0.15) is 28.7 Å². The average molecular weight is 361 g/mol. The van der Waals surface area contributed by atoms with Gasteiger partial charge in [-0.1, -0.05) is 24.8 Å².